The second kappa shape index (κ2) is 10.4. The van der Waals surface area contributed by atoms with Gasteiger partial charge < -0.3 is 14.8 Å². The van der Waals surface area contributed by atoms with Crippen molar-refractivity contribution in [2.24, 2.45) is 0 Å². The van der Waals surface area contributed by atoms with Gasteiger partial charge in [-0.05, 0) is 47.2 Å². The van der Waals surface area contributed by atoms with Crippen molar-refractivity contribution in [3.05, 3.63) is 69.4 Å². The van der Waals surface area contributed by atoms with E-state index in [1.807, 2.05) is 13.0 Å². The largest absolute Gasteiger partial charge is 0.490 e. The van der Waals surface area contributed by atoms with Crippen LogP contribution < -0.4 is 14.8 Å². The van der Waals surface area contributed by atoms with E-state index in [9.17, 15) is 4.39 Å². The van der Waals surface area contributed by atoms with E-state index < -0.39 is 5.82 Å². The van der Waals surface area contributed by atoms with E-state index in [0.717, 1.165) is 10.0 Å². The molecule has 0 atom stereocenters. The summed E-state index contributed by atoms with van der Waals surface area (Å²) < 4.78 is 28.0. The third-order valence-electron chi connectivity index (χ3n) is 4.12. The maximum Gasteiger partial charge on any atom is 0.243 e. The monoisotopic (exact) mass is 495 g/mol. The van der Waals surface area contributed by atoms with Crippen molar-refractivity contribution in [3.8, 4) is 11.5 Å². The van der Waals surface area contributed by atoms with Gasteiger partial charge in [0.05, 0.1) is 18.2 Å². The molecule has 0 aliphatic rings. The molecule has 2 aromatic carbocycles. The summed E-state index contributed by atoms with van der Waals surface area (Å²) in [6, 6.07) is 8.15. The van der Waals surface area contributed by atoms with E-state index in [0.29, 0.717) is 42.2 Å². The Labute approximate surface area is 187 Å². The fraction of sp³-hybridized carbons (Fsp3) is 0.250. The van der Waals surface area contributed by atoms with Crippen molar-refractivity contribution in [2.75, 3.05) is 11.9 Å². The highest BCUT2D eigenvalue weighted by Gasteiger charge is 2.14. The molecule has 7 nitrogen and oxygen atoms in total. The number of tetrazole rings is 1. The van der Waals surface area contributed by atoms with Gasteiger partial charge in [0.25, 0.3) is 0 Å². The number of aromatic nitrogens is 4. The molecule has 3 rings (SSSR count). The topological polar surface area (TPSA) is 74.1 Å². The Hall–Kier alpha value is -2.65. The molecule has 1 heterocycles. The molecule has 1 N–H and O–H groups in total. The first kappa shape index (κ1) is 22.0. The zero-order valence-corrected chi connectivity index (χ0v) is 18.6. The van der Waals surface area contributed by atoms with Gasteiger partial charge in [-0.3, -0.25) is 0 Å². The minimum Gasteiger partial charge on any atom is -0.490 e. The van der Waals surface area contributed by atoms with Gasteiger partial charge in [-0.15, -0.1) is 6.58 Å². The van der Waals surface area contributed by atoms with Crippen LogP contribution in [0.5, 0.6) is 11.5 Å². The molecule has 0 amide bonds. The van der Waals surface area contributed by atoms with Crippen LogP contribution in [-0.2, 0) is 19.7 Å². The van der Waals surface area contributed by atoms with Crippen LogP contribution >= 0.6 is 27.5 Å². The number of nitrogens with one attached hydrogen (secondary N) is 1. The standard InChI is InChI=1S/C20H20BrClFN5O2/c1-3-8-28-20(25-26-27-28)24-11-13-9-18(29-4-2)19(10-15(13)21)30-12-14-16(22)6-5-7-17(14)23/h3,5-7,9-10H,1,4,8,11-12H2,2H3,(H,24,25,27). The highest BCUT2D eigenvalue weighted by atomic mass is 79.9. The maximum atomic E-state index is 14.0. The van der Waals surface area contributed by atoms with Gasteiger partial charge in [-0.2, -0.15) is 0 Å². The zero-order valence-electron chi connectivity index (χ0n) is 16.2. The Morgan fingerprint density at radius 1 is 1.30 bits per heavy atom. The number of nitrogens with zero attached hydrogens (tertiary/aromatic N) is 4. The lowest BCUT2D eigenvalue weighted by Crippen LogP contribution is -2.09. The second-order valence-corrected chi connectivity index (χ2v) is 7.40. The number of halogens is 3. The zero-order chi connectivity index (χ0) is 21.5. The van der Waals surface area contributed by atoms with Gasteiger partial charge in [0, 0.05) is 16.6 Å². The minimum atomic E-state index is -0.419. The normalized spacial score (nSPS) is 10.7. The molecule has 3 aromatic rings. The lowest BCUT2D eigenvalue weighted by atomic mass is 10.2. The number of hydrogen-bond acceptors (Lipinski definition) is 6. The Morgan fingerprint density at radius 3 is 2.83 bits per heavy atom. The maximum absolute atomic E-state index is 14.0. The third kappa shape index (κ3) is 5.28. The van der Waals surface area contributed by atoms with Crippen LogP contribution in [0.25, 0.3) is 0 Å². The van der Waals surface area contributed by atoms with Crippen LogP contribution in [0, 0.1) is 5.82 Å². The summed E-state index contributed by atoms with van der Waals surface area (Å²) in [6.07, 6.45) is 1.71. The molecule has 158 valence electrons. The first-order chi connectivity index (χ1) is 14.5. The molecule has 0 unspecified atom stereocenters. The highest BCUT2D eigenvalue weighted by Crippen LogP contribution is 2.35. The minimum absolute atomic E-state index is 0.0219. The van der Waals surface area contributed by atoms with Gasteiger partial charge in [0.1, 0.15) is 12.4 Å². The van der Waals surface area contributed by atoms with Crippen LogP contribution in [0.2, 0.25) is 5.02 Å². The van der Waals surface area contributed by atoms with Crippen molar-refractivity contribution < 1.29 is 13.9 Å². The molecule has 0 bridgehead atoms. The number of allylic oxidation sites excluding steroid dienone is 1. The molecule has 0 aliphatic heterocycles. The summed E-state index contributed by atoms with van der Waals surface area (Å²) in [4.78, 5) is 0. The number of ether oxygens (including phenoxy) is 2. The van der Waals surface area contributed by atoms with Crippen LogP contribution in [0.3, 0.4) is 0 Å². The van der Waals surface area contributed by atoms with Crippen LogP contribution in [0.1, 0.15) is 18.1 Å². The molecule has 0 saturated heterocycles. The summed E-state index contributed by atoms with van der Waals surface area (Å²) in [6.45, 7) is 6.92. The molecule has 0 radical (unpaired) electrons. The van der Waals surface area contributed by atoms with Crippen molar-refractivity contribution >= 4 is 33.5 Å². The molecule has 0 fully saturated rings. The van der Waals surface area contributed by atoms with Gasteiger partial charge >= 0.3 is 0 Å². The smallest absolute Gasteiger partial charge is 0.243 e. The molecule has 0 spiro atoms. The lowest BCUT2D eigenvalue weighted by molar-refractivity contribution is 0.265. The quantitative estimate of drug-likeness (QED) is 0.398. The molecule has 10 heteroatoms. The molecule has 0 saturated carbocycles. The number of anilines is 1. The van der Waals surface area contributed by atoms with E-state index in [2.05, 4.69) is 43.4 Å². The number of benzene rings is 2. The second-order valence-electron chi connectivity index (χ2n) is 6.14. The molecule has 30 heavy (non-hydrogen) atoms. The van der Waals surface area contributed by atoms with Gasteiger partial charge in [-0.1, -0.05) is 44.8 Å². The summed E-state index contributed by atoms with van der Waals surface area (Å²) in [7, 11) is 0. The fourth-order valence-electron chi connectivity index (χ4n) is 2.66. The van der Waals surface area contributed by atoms with E-state index in [-0.39, 0.29) is 12.2 Å². The first-order valence-corrected chi connectivity index (χ1v) is 10.3. The summed E-state index contributed by atoms with van der Waals surface area (Å²) in [5.41, 5.74) is 1.19. The van der Waals surface area contributed by atoms with E-state index >= 15 is 0 Å². The van der Waals surface area contributed by atoms with Gasteiger partial charge in [0.15, 0.2) is 11.5 Å². The Bertz CT molecular complexity index is 1010. The summed E-state index contributed by atoms with van der Waals surface area (Å²) >= 11 is 9.64. The van der Waals surface area contributed by atoms with Crippen molar-refractivity contribution in [2.45, 2.75) is 26.6 Å². The lowest BCUT2D eigenvalue weighted by Gasteiger charge is -2.16. The molecular formula is C20H20BrClFN5O2. The number of rotatable bonds is 10. The highest BCUT2D eigenvalue weighted by molar-refractivity contribution is 9.10. The SMILES string of the molecule is C=CCn1nnnc1NCc1cc(OCC)c(OCc2c(F)cccc2Cl)cc1Br. The van der Waals surface area contributed by atoms with Gasteiger partial charge in [0.2, 0.25) is 5.95 Å². The summed E-state index contributed by atoms with van der Waals surface area (Å²) in [5.74, 6) is 1.12. The average molecular weight is 497 g/mol. The molecular weight excluding hydrogens is 477 g/mol. The predicted octanol–water partition coefficient (Wildman–Crippen LogP) is 5.00. The fourth-order valence-corrected chi connectivity index (χ4v) is 3.34. The van der Waals surface area contributed by atoms with Crippen molar-refractivity contribution in [3.63, 3.8) is 0 Å². The van der Waals surface area contributed by atoms with Crippen molar-refractivity contribution in [1.29, 1.82) is 0 Å². The summed E-state index contributed by atoms with van der Waals surface area (Å²) in [5, 5.41) is 15.0. The average Bonchev–Trinajstić information content (AvgIpc) is 3.16. The van der Waals surface area contributed by atoms with Crippen LogP contribution in [0.15, 0.2) is 47.5 Å². The van der Waals surface area contributed by atoms with E-state index in [1.165, 1.54) is 6.07 Å². The predicted molar refractivity (Wildman–Crippen MR) is 116 cm³/mol. The van der Waals surface area contributed by atoms with E-state index in [1.54, 1.807) is 29.0 Å². The number of hydrogen-bond donors (Lipinski definition) is 1. The van der Waals surface area contributed by atoms with Crippen molar-refractivity contribution in [1.82, 2.24) is 20.2 Å². The van der Waals surface area contributed by atoms with Gasteiger partial charge in [-0.25, -0.2) is 9.07 Å². The third-order valence-corrected chi connectivity index (χ3v) is 5.21. The molecule has 1 aromatic heterocycles. The Kier molecular flexibility index (Phi) is 7.64. The Balaban J connectivity index is 1.78. The van der Waals surface area contributed by atoms with Crippen LogP contribution in [0.4, 0.5) is 10.3 Å². The van der Waals surface area contributed by atoms with Crippen LogP contribution in [-0.4, -0.2) is 26.8 Å². The Morgan fingerprint density at radius 2 is 2.10 bits per heavy atom. The molecule has 0 aliphatic carbocycles. The van der Waals surface area contributed by atoms with E-state index in [4.69, 9.17) is 21.1 Å². The first-order valence-electron chi connectivity index (χ1n) is 9.15.